The van der Waals surface area contributed by atoms with E-state index >= 15 is 0 Å². The molecule has 128 valence electrons. The van der Waals surface area contributed by atoms with Crippen LogP contribution in [-0.4, -0.2) is 10.6 Å². The Hall–Kier alpha value is -0.940. The highest BCUT2D eigenvalue weighted by atomic mass is 35.5. The molecule has 0 radical (unpaired) electrons. The Labute approximate surface area is 160 Å². The number of amidine groups is 1. The molecule has 2 aromatic carbocycles. The predicted octanol–water partition coefficient (Wildman–Crippen LogP) is 6.21. The largest absolute Gasteiger partial charge is 0.386 e. The molecule has 0 bridgehead atoms. The molecule has 0 fully saturated rings. The van der Waals surface area contributed by atoms with E-state index in [0.717, 1.165) is 5.56 Å². The molecule has 0 heterocycles. The van der Waals surface area contributed by atoms with E-state index in [0.29, 0.717) is 32.8 Å². The van der Waals surface area contributed by atoms with Gasteiger partial charge in [-0.2, -0.15) is 0 Å². The summed E-state index contributed by atoms with van der Waals surface area (Å²) in [5.74, 6) is -0.234. The van der Waals surface area contributed by atoms with Gasteiger partial charge in [0, 0.05) is 4.90 Å². The summed E-state index contributed by atoms with van der Waals surface area (Å²) in [6.07, 6.45) is 1.25. The normalized spacial score (nSPS) is 13.5. The summed E-state index contributed by atoms with van der Waals surface area (Å²) >= 11 is 19.6. The SMILES string of the molecule is CC(CCc1ccc(F)cc1)(Sc1cc(Cl)c(Cl)cc1Cl)C(=N)N. The summed E-state index contributed by atoms with van der Waals surface area (Å²) < 4.78 is 12.3. The Bertz CT molecular complexity index is 752. The van der Waals surface area contributed by atoms with Gasteiger partial charge in [-0.3, -0.25) is 5.41 Å². The lowest BCUT2D eigenvalue weighted by Crippen LogP contribution is -2.37. The van der Waals surface area contributed by atoms with Crippen LogP contribution in [0.1, 0.15) is 18.9 Å². The second kappa shape index (κ2) is 7.96. The second-order valence-corrected chi connectivity index (χ2v) is 8.34. The van der Waals surface area contributed by atoms with Crippen molar-refractivity contribution in [3.8, 4) is 0 Å². The zero-order chi connectivity index (χ0) is 17.9. The Morgan fingerprint density at radius 1 is 1.12 bits per heavy atom. The van der Waals surface area contributed by atoms with Crippen molar-refractivity contribution in [2.24, 2.45) is 5.73 Å². The number of hydrogen-bond donors (Lipinski definition) is 2. The van der Waals surface area contributed by atoms with Gasteiger partial charge in [-0.15, -0.1) is 11.8 Å². The van der Waals surface area contributed by atoms with E-state index in [4.69, 9.17) is 45.9 Å². The lowest BCUT2D eigenvalue weighted by Gasteiger charge is -2.28. The molecule has 1 unspecified atom stereocenters. The number of benzene rings is 2. The van der Waals surface area contributed by atoms with Gasteiger partial charge in [-0.05, 0) is 49.6 Å². The van der Waals surface area contributed by atoms with Gasteiger partial charge in [0.2, 0.25) is 0 Å². The minimum atomic E-state index is -0.671. The number of halogens is 4. The van der Waals surface area contributed by atoms with E-state index in [9.17, 15) is 4.39 Å². The van der Waals surface area contributed by atoms with E-state index in [2.05, 4.69) is 0 Å². The minimum absolute atomic E-state index is 0.0387. The number of nitrogens with two attached hydrogens (primary N) is 1. The summed E-state index contributed by atoms with van der Waals surface area (Å²) in [6, 6.07) is 9.55. The van der Waals surface area contributed by atoms with Crippen LogP contribution in [0.15, 0.2) is 41.3 Å². The van der Waals surface area contributed by atoms with Crippen molar-refractivity contribution in [3.63, 3.8) is 0 Å². The Morgan fingerprint density at radius 2 is 1.71 bits per heavy atom. The molecular weight excluding hydrogens is 390 g/mol. The number of rotatable bonds is 6. The maximum atomic E-state index is 13.0. The van der Waals surface area contributed by atoms with Crippen LogP contribution in [0.4, 0.5) is 4.39 Å². The molecule has 2 nitrogen and oxygen atoms in total. The van der Waals surface area contributed by atoms with E-state index in [1.807, 2.05) is 6.92 Å². The average molecular weight is 406 g/mol. The molecule has 0 aliphatic heterocycles. The fourth-order valence-corrected chi connectivity index (χ4v) is 3.96. The van der Waals surface area contributed by atoms with Gasteiger partial charge in [-0.1, -0.05) is 46.9 Å². The number of aryl methyl sites for hydroxylation is 1. The standard InChI is InChI=1S/C17H16Cl3FN2S/c1-17(16(22)23,7-6-10-2-4-11(21)5-3-10)24-15-9-13(19)12(18)8-14(15)20/h2-5,8-9H,6-7H2,1H3,(H3,22,23). The molecule has 3 N–H and O–H groups in total. The maximum absolute atomic E-state index is 13.0. The highest BCUT2D eigenvalue weighted by molar-refractivity contribution is 8.01. The predicted molar refractivity (Wildman–Crippen MR) is 102 cm³/mol. The fraction of sp³-hybridized carbons (Fsp3) is 0.235. The van der Waals surface area contributed by atoms with Gasteiger partial charge in [0.1, 0.15) is 11.7 Å². The van der Waals surface area contributed by atoms with Crippen LogP contribution >= 0.6 is 46.6 Å². The molecule has 0 saturated carbocycles. The van der Waals surface area contributed by atoms with Crippen LogP contribution in [0.5, 0.6) is 0 Å². The Balaban J connectivity index is 2.19. The first-order valence-corrected chi connectivity index (χ1v) is 9.09. The molecule has 0 spiro atoms. The second-order valence-electron chi connectivity index (χ2n) is 5.57. The molecule has 2 aromatic rings. The van der Waals surface area contributed by atoms with E-state index in [1.54, 1.807) is 24.3 Å². The lowest BCUT2D eigenvalue weighted by atomic mass is 9.99. The highest BCUT2D eigenvalue weighted by Crippen LogP contribution is 2.42. The summed E-state index contributed by atoms with van der Waals surface area (Å²) in [5, 5.41) is 9.19. The van der Waals surface area contributed by atoms with Crippen molar-refractivity contribution in [1.82, 2.24) is 0 Å². The number of nitrogens with one attached hydrogen (secondary N) is 1. The van der Waals surface area contributed by atoms with Crippen LogP contribution in [0.2, 0.25) is 15.1 Å². The third-order valence-electron chi connectivity index (χ3n) is 3.68. The first kappa shape index (κ1) is 19.4. The van der Waals surface area contributed by atoms with Crippen molar-refractivity contribution in [2.75, 3.05) is 0 Å². The number of thioether (sulfide) groups is 1. The fourth-order valence-electron chi connectivity index (χ4n) is 2.10. The number of hydrogen-bond acceptors (Lipinski definition) is 2. The summed E-state index contributed by atoms with van der Waals surface area (Å²) in [5.41, 5.74) is 6.80. The highest BCUT2D eigenvalue weighted by Gasteiger charge is 2.30. The van der Waals surface area contributed by atoms with E-state index in [-0.39, 0.29) is 11.7 Å². The summed E-state index contributed by atoms with van der Waals surface area (Å²) in [7, 11) is 0. The molecule has 2 rings (SSSR count). The molecule has 0 amide bonds. The molecule has 0 saturated heterocycles. The van der Waals surface area contributed by atoms with Crippen LogP contribution in [0.3, 0.4) is 0 Å². The minimum Gasteiger partial charge on any atom is -0.386 e. The van der Waals surface area contributed by atoms with Crippen molar-refractivity contribution < 1.29 is 4.39 Å². The summed E-state index contributed by atoms with van der Waals surface area (Å²) in [4.78, 5) is 0.711. The molecule has 7 heteroatoms. The molecule has 0 aliphatic carbocycles. The van der Waals surface area contributed by atoms with Crippen LogP contribution < -0.4 is 5.73 Å². The van der Waals surface area contributed by atoms with Gasteiger partial charge >= 0.3 is 0 Å². The maximum Gasteiger partial charge on any atom is 0.123 e. The third-order valence-corrected chi connectivity index (χ3v) is 6.26. The van der Waals surface area contributed by atoms with E-state index < -0.39 is 4.75 Å². The Morgan fingerprint density at radius 3 is 2.29 bits per heavy atom. The first-order valence-electron chi connectivity index (χ1n) is 7.14. The molecule has 24 heavy (non-hydrogen) atoms. The van der Waals surface area contributed by atoms with E-state index in [1.165, 1.54) is 23.9 Å². The average Bonchev–Trinajstić information content (AvgIpc) is 2.52. The van der Waals surface area contributed by atoms with Gasteiger partial charge in [0.15, 0.2) is 0 Å². The van der Waals surface area contributed by atoms with Gasteiger partial charge in [0.25, 0.3) is 0 Å². The Kier molecular flexibility index (Phi) is 6.43. The van der Waals surface area contributed by atoms with Gasteiger partial charge in [0.05, 0.1) is 19.8 Å². The molecule has 0 aromatic heterocycles. The lowest BCUT2D eigenvalue weighted by molar-refractivity contribution is 0.626. The topological polar surface area (TPSA) is 49.9 Å². The van der Waals surface area contributed by atoms with Crippen molar-refractivity contribution >= 4 is 52.4 Å². The smallest absolute Gasteiger partial charge is 0.123 e. The summed E-state index contributed by atoms with van der Waals surface area (Å²) in [6.45, 7) is 1.88. The first-order chi connectivity index (χ1) is 11.2. The van der Waals surface area contributed by atoms with Crippen molar-refractivity contribution in [3.05, 3.63) is 62.8 Å². The third kappa shape index (κ3) is 4.79. The van der Waals surface area contributed by atoms with Crippen LogP contribution in [-0.2, 0) is 6.42 Å². The zero-order valence-electron chi connectivity index (χ0n) is 12.9. The van der Waals surface area contributed by atoms with Crippen LogP contribution in [0.25, 0.3) is 0 Å². The monoisotopic (exact) mass is 404 g/mol. The van der Waals surface area contributed by atoms with Gasteiger partial charge < -0.3 is 5.73 Å². The van der Waals surface area contributed by atoms with Gasteiger partial charge in [-0.25, -0.2) is 4.39 Å². The quantitative estimate of drug-likeness (QED) is 0.260. The molecule has 1 atom stereocenters. The van der Waals surface area contributed by atoms with Crippen molar-refractivity contribution in [1.29, 1.82) is 5.41 Å². The van der Waals surface area contributed by atoms with Crippen LogP contribution in [0, 0.1) is 11.2 Å². The molecular formula is C17H16Cl3FN2S. The molecule has 0 aliphatic rings. The van der Waals surface area contributed by atoms with Crippen molar-refractivity contribution in [2.45, 2.75) is 29.4 Å². The zero-order valence-corrected chi connectivity index (χ0v) is 16.0.